The van der Waals surface area contributed by atoms with Gasteiger partial charge in [0.05, 0.1) is 18.0 Å². The summed E-state index contributed by atoms with van der Waals surface area (Å²) in [6.45, 7) is 4.93. The van der Waals surface area contributed by atoms with E-state index in [2.05, 4.69) is 15.4 Å². The third-order valence-corrected chi connectivity index (χ3v) is 5.88. The molecule has 1 aromatic carbocycles. The quantitative estimate of drug-likeness (QED) is 0.710. The zero-order valence-corrected chi connectivity index (χ0v) is 18.4. The molecule has 2 aliphatic rings. The highest BCUT2D eigenvalue weighted by atomic mass is 32.2. The summed E-state index contributed by atoms with van der Waals surface area (Å²) in [5.41, 5.74) is 1.91. The third-order valence-electron chi connectivity index (χ3n) is 4.93. The van der Waals surface area contributed by atoms with E-state index in [0.717, 1.165) is 17.8 Å². The second-order valence-electron chi connectivity index (χ2n) is 7.71. The number of carbonyl (C=O) groups excluding carboxylic acids is 1. The summed E-state index contributed by atoms with van der Waals surface area (Å²) in [6.07, 6.45) is 4.54. The van der Waals surface area contributed by atoms with Gasteiger partial charge in [-0.25, -0.2) is 23.1 Å². The van der Waals surface area contributed by atoms with Crippen molar-refractivity contribution in [3.8, 4) is 5.75 Å². The van der Waals surface area contributed by atoms with Gasteiger partial charge in [-0.2, -0.15) is 5.10 Å². The number of fused-ring (bicyclic) bond motifs is 3. The number of anilines is 1. The molecule has 3 heterocycles. The number of nitrogens with one attached hydrogen (secondary N) is 1. The van der Waals surface area contributed by atoms with Gasteiger partial charge in [-0.15, -0.1) is 0 Å². The zero-order chi connectivity index (χ0) is 22.2. The second kappa shape index (κ2) is 8.14. The first-order valence-corrected chi connectivity index (χ1v) is 12.0. The Balaban J connectivity index is 1.58. The lowest BCUT2D eigenvalue weighted by molar-refractivity contribution is 0.0956. The van der Waals surface area contributed by atoms with Gasteiger partial charge in [0.1, 0.15) is 40.1 Å². The molecule has 0 saturated heterocycles. The molecule has 2 aliphatic heterocycles. The number of aliphatic imine (C=N–C) groups is 1. The first-order valence-electron chi connectivity index (χ1n) is 9.91. The molecule has 10 nitrogen and oxygen atoms in total. The van der Waals surface area contributed by atoms with Crippen LogP contribution in [0.4, 0.5) is 5.69 Å². The molecule has 2 aromatic rings. The lowest BCUT2D eigenvalue weighted by Crippen LogP contribution is -2.29. The monoisotopic (exact) mass is 444 g/mol. The van der Waals surface area contributed by atoms with Crippen molar-refractivity contribution in [3.05, 3.63) is 47.8 Å². The molecule has 11 heteroatoms. The highest BCUT2D eigenvalue weighted by Crippen LogP contribution is 2.37. The highest BCUT2D eigenvalue weighted by molar-refractivity contribution is 7.90. The Morgan fingerprint density at radius 2 is 2.13 bits per heavy atom. The summed E-state index contributed by atoms with van der Waals surface area (Å²) >= 11 is 0. The van der Waals surface area contributed by atoms with Crippen molar-refractivity contribution in [2.45, 2.75) is 19.9 Å². The lowest BCUT2D eigenvalue weighted by Gasteiger charge is -2.20. The van der Waals surface area contributed by atoms with Gasteiger partial charge in [0.2, 0.25) is 0 Å². The van der Waals surface area contributed by atoms with Crippen molar-refractivity contribution in [2.75, 3.05) is 36.6 Å². The number of hydrogen-bond acceptors (Lipinski definition) is 8. The SMILES string of the molecule is CC(C)n1ncnc1C1=NC2=CCOc3ccc(C(=O)NCCS(C)(=O)=O)cc3N2C1. The van der Waals surface area contributed by atoms with Crippen LogP contribution >= 0.6 is 0 Å². The van der Waals surface area contributed by atoms with E-state index in [1.807, 2.05) is 29.5 Å². The molecule has 0 aliphatic carbocycles. The van der Waals surface area contributed by atoms with Gasteiger partial charge in [0.15, 0.2) is 5.82 Å². The Bertz CT molecular complexity index is 1180. The average Bonchev–Trinajstić information content (AvgIpc) is 3.31. The molecule has 0 radical (unpaired) electrons. The summed E-state index contributed by atoms with van der Waals surface area (Å²) in [5, 5.41) is 6.94. The minimum Gasteiger partial charge on any atom is -0.487 e. The molecule has 0 atom stereocenters. The van der Waals surface area contributed by atoms with E-state index in [1.165, 1.54) is 6.33 Å². The maximum Gasteiger partial charge on any atom is 0.251 e. The molecule has 1 N–H and O–H groups in total. The van der Waals surface area contributed by atoms with E-state index >= 15 is 0 Å². The van der Waals surface area contributed by atoms with Gasteiger partial charge in [-0.1, -0.05) is 0 Å². The van der Waals surface area contributed by atoms with Crippen LogP contribution in [0.15, 0.2) is 41.4 Å². The van der Waals surface area contributed by atoms with Crippen molar-refractivity contribution < 1.29 is 17.9 Å². The van der Waals surface area contributed by atoms with Crippen LogP contribution in [0.1, 0.15) is 36.1 Å². The number of ether oxygens (including phenoxy) is 1. The minimum absolute atomic E-state index is 0.0538. The number of aromatic nitrogens is 3. The van der Waals surface area contributed by atoms with E-state index in [4.69, 9.17) is 9.73 Å². The fourth-order valence-electron chi connectivity index (χ4n) is 3.43. The predicted molar refractivity (Wildman–Crippen MR) is 116 cm³/mol. The van der Waals surface area contributed by atoms with Crippen LogP contribution in [0.5, 0.6) is 5.75 Å². The van der Waals surface area contributed by atoms with Crippen LogP contribution in [0.3, 0.4) is 0 Å². The van der Waals surface area contributed by atoms with Crippen molar-refractivity contribution in [1.29, 1.82) is 0 Å². The Morgan fingerprint density at radius 3 is 2.87 bits per heavy atom. The standard InChI is InChI=1S/C20H24N6O4S/c1-13(2)26-19(22-12-23-26)15-11-25-16-10-14(20(27)21-7-9-31(3,28)29)4-5-17(16)30-8-6-18(25)24-15/h4-6,10,12-13H,7-9,11H2,1-3H3,(H,21,27). The van der Waals surface area contributed by atoms with Gasteiger partial charge < -0.3 is 15.0 Å². The summed E-state index contributed by atoms with van der Waals surface area (Å²) in [6, 6.07) is 5.28. The average molecular weight is 445 g/mol. The Kier molecular flexibility index (Phi) is 5.52. The fourth-order valence-corrected chi connectivity index (χ4v) is 3.91. The molecule has 0 spiro atoms. The molecule has 0 fully saturated rings. The molecule has 1 amide bonds. The van der Waals surface area contributed by atoms with Crippen molar-refractivity contribution >= 4 is 27.1 Å². The Labute approximate surface area is 180 Å². The van der Waals surface area contributed by atoms with Crippen LogP contribution in [0, 0.1) is 0 Å². The number of carbonyl (C=O) groups is 1. The van der Waals surface area contributed by atoms with Crippen molar-refractivity contribution in [1.82, 2.24) is 20.1 Å². The Morgan fingerprint density at radius 1 is 1.32 bits per heavy atom. The Hall–Kier alpha value is -3.21. The van der Waals surface area contributed by atoms with Crippen LogP contribution in [-0.2, 0) is 9.84 Å². The first kappa shape index (κ1) is 21.0. The fraction of sp³-hybridized carbons (Fsp3) is 0.400. The van der Waals surface area contributed by atoms with Crippen molar-refractivity contribution in [2.24, 2.45) is 4.99 Å². The highest BCUT2D eigenvalue weighted by Gasteiger charge is 2.30. The van der Waals surface area contributed by atoms with Gasteiger partial charge in [0, 0.05) is 24.4 Å². The van der Waals surface area contributed by atoms with E-state index in [9.17, 15) is 13.2 Å². The van der Waals surface area contributed by atoms with Crippen LogP contribution in [-0.4, -0.2) is 66.5 Å². The first-order chi connectivity index (χ1) is 14.7. The topological polar surface area (TPSA) is 119 Å². The molecule has 0 saturated carbocycles. The van der Waals surface area contributed by atoms with E-state index in [0.29, 0.717) is 36.0 Å². The number of sulfone groups is 1. The van der Waals surface area contributed by atoms with E-state index in [-0.39, 0.29) is 24.2 Å². The van der Waals surface area contributed by atoms with E-state index < -0.39 is 9.84 Å². The smallest absolute Gasteiger partial charge is 0.251 e. The summed E-state index contributed by atoms with van der Waals surface area (Å²) in [7, 11) is -3.15. The second-order valence-corrected chi connectivity index (χ2v) is 9.97. The number of rotatable bonds is 6. The predicted octanol–water partition coefficient (Wildman–Crippen LogP) is 1.18. The zero-order valence-electron chi connectivity index (χ0n) is 17.6. The maximum atomic E-state index is 12.5. The van der Waals surface area contributed by atoms with Crippen LogP contribution < -0.4 is 15.0 Å². The van der Waals surface area contributed by atoms with Crippen LogP contribution in [0.2, 0.25) is 0 Å². The number of benzene rings is 1. The molecule has 0 unspecified atom stereocenters. The normalized spacial score (nSPS) is 15.5. The molecule has 0 bridgehead atoms. The molecule has 31 heavy (non-hydrogen) atoms. The van der Waals surface area contributed by atoms with E-state index in [1.54, 1.807) is 18.2 Å². The van der Waals surface area contributed by atoms with Gasteiger partial charge in [0.25, 0.3) is 5.91 Å². The molecule has 1 aromatic heterocycles. The van der Waals surface area contributed by atoms with Crippen molar-refractivity contribution in [3.63, 3.8) is 0 Å². The summed E-state index contributed by atoms with van der Waals surface area (Å²) in [5.74, 6) is 1.61. The third kappa shape index (κ3) is 4.46. The van der Waals surface area contributed by atoms with Gasteiger partial charge in [-0.05, 0) is 38.1 Å². The molecule has 4 rings (SSSR count). The molecular formula is C20H24N6O4S. The lowest BCUT2D eigenvalue weighted by atomic mass is 10.1. The summed E-state index contributed by atoms with van der Waals surface area (Å²) in [4.78, 5) is 23.6. The van der Waals surface area contributed by atoms with Crippen LogP contribution in [0.25, 0.3) is 0 Å². The molecular weight excluding hydrogens is 420 g/mol. The minimum atomic E-state index is -3.15. The largest absolute Gasteiger partial charge is 0.487 e. The summed E-state index contributed by atoms with van der Waals surface area (Å²) < 4.78 is 30.2. The molecule has 164 valence electrons. The maximum absolute atomic E-state index is 12.5. The number of nitrogens with zero attached hydrogens (tertiary/aromatic N) is 5. The van der Waals surface area contributed by atoms with Gasteiger partial charge >= 0.3 is 0 Å². The number of hydrogen-bond donors (Lipinski definition) is 1. The van der Waals surface area contributed by atoms with Gasteiger partial charge in [-0.3, -0.25) is 4.79 Å². The number of amides is 1.